The topological polar surface area (TPSA) is 59.1 Å². The molecule has 0 saturated carbocycles. The summed E-state index contributed by atoms with van der Waals surface area (Å²) in [6.07, 6.45) is 0.262. The molecule has 2 N–H and O–H groups in total. The number of nitrogens with zero attached hydrogens (tertiary/aromatic N) is 2. The quantitative estimate of drug-likeness (QED) is 0.742. The Bertz CT molecular complexity index is 366. The summed E-state index contributed by atoms with van der Waals surface area (Å²) in [6, 6.07) is 0. The van der Waals surface area contributed by atoms with E-state index in [4.69, 9.17) is 4.74 Å². The molecule has 0 amide bonds. The minimum Gasteiger partial charge on any atom is -0.377 e. The second-order valence-electron chi connectivity index (χ2n) is 4.19. The highest BCUT2D eigenvalue weighted by atomic mass is 16.5. The van der Waals surface area contributed by atoms with Gasteiger partial charge in [0.25, 0.3) is 0 Å². The van der Waals surface area contributed by atoms with Crippen molar-refractivity contribution in [2.24, 2.45) is 0 Å². The fourth-order valence-corrected chi connectivity index (χ4v) is 1.51. The highest BCUT2D eigenvalue weighted by Crippen LogP contribution is 2.18. The van der Waals surface area contributed by atoms with E-state index in [1.54, 1.807) is 0 Å². The highest BCUT2D eigenvalue weighted by molar-refractivity contribution is 5.56. The fraction of sp³-hybridized carbons (Fsp3) is 0.667. The Hall–Kier alpha value is -1.36. The molecule has 0 saturated heterocycles. The van der Waals surface area contributed by atoms with Gasteiger partial charge >= 0.3 is 0 Å². The Balaban J connectivity index is 2.61. The number of anilines is 2. The molecule has 0 fully saturated rings. The predicted octanol–water partition coefficient (Wildman–Crippen LogP) is 1.97. The van der Waals surface area contributed by atoms with Crippen molar-refractivity contribution in [1.82, 2.24) is 9.97 Å². The lowest BCUT2D eigenvalue weighted by molar-refractivity contribution is 0.0870. The molecule has 17 heavy (non-hydrogen) atoms. The molecule has 0 aliphatic carbocycles. The number of aromatic nitrogens is 2. The van der Waals surface area contributed by atoms with E-state index in [1.807, 2.05) is 34.7 Å². The molecule has 0 aliphatic heterocycles. The first-order chi connectivity index (χ1) is 8.04. The van der Waals surface area contributed by atoms with E-state index in [9.17, 15) is 0 Å². The van der Waals surface area contributed by atoms with Gasteiger partial charge in [-0.1, -0.05) is 0 Å². The van der Waals surface area contributed by atoms with Crippen molar-refractivity contribution in [2.45, 2.75) is 33.8 Å². The maximum absolute atomic E-state index is 5.47. The van der Waals surface area contributed by atoms with E-state index >= 15 is 0 Å². The summed E-state index contributed by atoms with van der Waals surface area (Å²) in [7, 11) is 1.86. The Morgan fingerprint density at radius 2 is 1.82 bits per heavy atom. The van der Waals surface area contributed by atoms with E-state index in [2.05, 4.69) is 20.6 Å². The molecule has 96 valence electrons. The van der Waals surface area contributed by atoms with Crippen LogP contribution in [0.5, 0.6) is 0 Å². The van der Waals surface area contributed by atoms with Crippen LogP contribution >= 0.6 is 0 Å². The normalized spacial score (nSPS) is 10.7. The molecule has 0 spiro atoms. The average molecular weight is 238 g/mol. The number of nitrogens with one attached hydrogen (secondary N) is 2. The van der Waals surface area contributed by atoms with E-state index in [0.29, 0.717) is 6.61 Å². The number of aryl methyl sites for hydroxylation is 1. The molecule has 5 nitrogen and oxygen atoms in total. The van der Waals surface area contributed by atoms with Gasteiger partial charge in [0.15, 0.2) is 0 Å². The van der Waals surface area contributed by atoms with Gasteiger partial charge in [0.2, 0.25) is 0 Å². The summed E-state index contributed by atoms with van der Waals surface area (Å²) in [5.74, 6) is 2.49. The smallest absolute Gasteiger partial charge is 0.134 e. The van der Waals surface area contributed by atoms with Crippen molar-refractivity contribution < 1.29 is 4.74 Å². The van der Waals surface area contributed by atoms with E-state index in [0.717, 1.165) is 29.6 Å². The lowest BCUT2D eigenvalue weighted by atomic mass is 10.3. The molecule has 0 radical (unpaired) electrons. The monoisotopic (exact) mass is 238 g/mol. The van der Waals surface area contributed by atoms with E-state index in [1.165, 1.54) is 0 Å². The summed E-state index contributed by atoms with van der Waals surface area (Å²) >= 11 is 0. The zero-order chi connectivity index (χ0) is 12.8. The molecule has 0 unspecified atom stereocenters. The van der Waals surface area contributed by atoms with Crippen molar-refractivity contribution in [3.8, 4) is 0 Å². The lowest BCUT2D eigenvalue weighted by Crippen LogP contribution is -2.15. The molecule has 1 aromatic heterocycles. The zero-order valence-electron chi connectivity index (χ0n) is 11.3. The molecule has 0 aromatic carbocycles. The van der Waals surface area contributed by atoms with Crippen molar-refractivity contribution in [2.75, 3.05) is 30.8 Å². The number of ether oxygens (including phenoxy) is 1. The Kier molecular flexibility index (Phi) is 5.15. The van der Waals surface area contributed by atoms with Crippen LogP contribution in [0.3, 0.4) is 0 Å². The molecule has 5 heteroatoms. The number of hydrogen-bond donors (Lipinski definition) is 2. The third-order valence-corrected chi connectivity index (χ3v) is 2.34. The van der Waals surface area contributed by atoms with Crippen molar-refractivity contribution >= 4 is 11.6 Å². The first kappa shape index (κ1) is 13.7. The molecular weight excluding hydrogens is 216 g/mol. The number of hydrogen-bond acceptors (Lipinski definition) is 5. The molecule has 0 bridgehead atoms. The third kappa shape index (κ3) is 4.19. The summed E-state index contributed by atoms with van der Waals surface area (Å²) < 4.78 is 5.47. The molecule has 0 aliphatic rings. The van der Waals surface area contributed by atoms with Crippen LogP contribution in [-0.4, -0.2) is 36.3 Å². The lowest BCUT2D eigenvalue weighted by Gasteiger charge is -2.13. The second kappa shape index (κ2) is 6.39. The summed E-state index contributed by atoms with van der Waals surface area (Å²) in [4.78, 5) is 8.70. The molecule has 1 heterocycles. The van der Waals surface area contributed by atoms with Gasteiger partial charge in [0, 0.05) is 19.2 Å². The maximum atomic E-state index is 5.47. The van der Waals surface area contributed by atoms with Gasteiger partial charge in [-0.2, -0.15) is 0 Å². The largest absolute Gasteiger partial charge is 0.377 e. The van der Waals surface area contributed by atoms with Crippen LogP contribution in [-0.2, 0) is 4.74 Å². The fourth-order valence-electron chi connectivity index (χ4n) is 1.51. The van der Waals surface area contributed by atoms with Crippen molar-refractivity contribution in [1.29, 1.82) is 0 Å². The summed E-state index contributed by atoms with van der Waals surface area (Å²) in [5, 5.41) is 6.33. The van der Waals surface area contributed by atoms with Gasteiger partial charge in [-0.15, -0.1) is 0 Å². The van der Waals surface area contributed by atoms with Crippen LogP contribution in [0.4, 0.5) is 11.6 Å². The first-order valence-electron chi connectivity index (χ1n) is 5.93. The Morgan fingerprint density at radius 1 is 1.18 bits per heavy atom. The van der Waals surface area contributed by atoms with Gasteiger partial charge < -0.3 is 15.4 Å². The van der Waals surface area contributed by atoms with Crippen LogP contribution in [0.25, 0.3) is 0 Å². The minimum absolute atomic E-state index is 0.262. The molecule has 1 rings (SSSR count). The first-order valence-corrected chi connectivity index (χ1v) is 5.93. The molecule has 1 aromatic rings. The van der Waals surface area contributed by atoms with Crippen LogP contribution < -0.4 is 10.6 Å². The van der Waals surface area contributed by atoms with Crippen LogP contribution in [0.15, 0.2) is 0 Å². The summed E-state index contributed by atoms with van der Waals surface area (Å²) in [5.41, 5.74) is 1.03. The highest BCUT2D eigenvalue weighted by Gasteiger charge is 2.07. The SMILES string of the molecule is CNc1nc(C)nc(NCCOC(C)C)c1C. The van der Waals surface area contributed by atoms with E-state index in [-0.39, 0.29) is 6.10 Å². The van der Waals surface area contributed by atoms with Gasteiger partial charge in [-0.3, -0.25) is 0 Å². The second-order valence-corrected chi connectivity index (χ2v) is 4.19. The molecule has 0 atom stereocenters. The van der Waals surface area contributed by atoms with Crippen molar-refractivity contribution in [3.63, 3.8) is 0 Å². The summed E-state index contributed by atoms with van der Waals surface area (Å²) in [6.45, 7) is 9.36. The van der Waals surface area contributed by atoms with Crippen LogP contribution in [0.1, 0.15) is 25.2 Å². The average Bonchev–Trinajstić information content (AvgIpc) is 2.28. The van der Waals surface area contributed by atoms with Gasteiger partial charge in [-0.05, 0) is 27.7 Å². The van der Waals surface area contributed by atoms with Crippen molar-refractivity contribution in [3.05, 3.63) is 11.4 Å². The zero-order valence-corrected chi connectivity index (χ0v) is 11.3. The standard InChI is InChI=1S/C12H22N4O/c1-8(2)17-7-6-14-12-9(3)11(13-5)15-10(4)16-12/h8H,6-7H2,1-5H3,(H2,13,14,15,16). The van der Waals surface area contributed by atoms with E-state index < -0.39 is 0 Å². The maximum Gasteiger partial charge on any atom is 0.134 e. The third-order valence-electron chi connectivity index (χ3n) is 2.34. The molecular formula is C12H22N4O. The predicted molar refractivity (Wildman–Crippen MR) is 70.6 cm³/mol. The Morgan fingerprint density at radius 3 is 2.41 bits per heavy atom. The van der Waals surface area contributed by atoms with Crippen LogP contribution in [0, 0.1) is 13.8 Å². The van der Waals surface area contributed by atoms with Gasteiger partial charge in [-0.25, -0.2) is 9.97 Å². The minimum atomic E-state index is 0.262. The van der Waals surface area contributed by atoms with Gasteiger partial charge in [0.05, 0.1) is 12.7 Å². The Labute approximate surface area is 103 Å². The van der Waals surface area contributed by atoms with Crippen LogP contribution in [0.2, 0.25) is 0 Å². The number of rotatable bonds is 6. The van der Waals surface area contributed by atoms with Gasteiger partial charge in [0.1, 0.15) is 17.5 Å².